The summed E-state index contributed by atoms with van der Waals surface area (Å²) >= 11 is 3.36. The second kappa shape index (κ2) is 8.05. The number of halogens is 1. The molecular formula is C21H20BrNO4. The van der Waals surface area contributed by atoms with E-state index >= 15 is 0 Å². The lowest BCUT2D eigenvalue weighted by atomic mass is 10.1. The van der Waals surface area contributed by atoms with Crippen molar-refractivity contribution in [2.75, 3.05) is 11.4 Å². The van der Waals surface area contributed by atoms with Crippen molar-refractivity contribution in [3.05, 3.63) is 64.1 Å². The number of anilines is 1. The number of Topliss-reactive ketones (excluding diaryl/α,β-unsaturated/α-hetero) is 1. The Kier molecular flexibility index (Phi) is 5.75. The van der Waals surface area contributed by atoms with Crippen LogP contribution in [0.15, 0.2) is 53.0 Å². The first-order chi connectivity index (χ1) is 12.8. The van der Waals surface area contributed by atoms with Crippen molar-refractivity contribution in [1.29, 1.82) is 0 Å². The summed E-state index contributed by atoms with van der Waals surface area (Å²) in [6.07, 6.45) is -0.808. The van der Waals surface area contributed by atoms with Gasteiger partial charge in [0, 0.05) is 28.7 Å². The number of ether oxygens (including phenoxy) is 1. The van der Waals surface area contributed by atoms with Gasteiger partial charge >= 0.3 is 5.97 Å². The molecule has 140 valence electrons. The molecule has 0 radical (unpaired) electrons. The lowest BCUT2D eigenvalue weighted by molar-refractivity contribution is -0.151. The molecule has 0 unspecified atom stereocenters. The predicted molar refractivity (Wildman–Crippen MR) is 106 cm³/mol. The third-order valence-electron chi connectivity index (χ3n) is 4.59. The molecule has 0 bridgehead atoms. The molecule has 2 aromatic rings. The number of amides is 1. The van der Waals surface area contributed by atoms with Crippen molar-refractivity contribution in [2.45, 2.75) is 26.4 Å². The van der Waals surface area contributed by atoms with Crippen LogP contribution < -0.4 is 4.90 Å². The number of carbonyl (C=O) groups excluding carboxylic acids is 3. The average molecular weight is 430 g/mol. The third kappa shape index (κ3) is 4.45. The van der Waals surface area contributed by atoms with Crippen LogP contribution in [0.4, 0.5) is 5.69 Å². The minimum absolute atomic E-state index is 0.0837. The van der Waals surface area contributed by atoms with Crippen LogP contribution in [-0.4, -0.2) is 30.3 Å². The number of rotatable bonds is 5. The van der Waals surface area contributed by atoms with Crippen molar-refractivity contribution in [1.82, 2.24) is 0 Å². The van der Waals surface area contributed by atoms with Crippen molar-refractivity contribution in [3.63, 3.8) is 0 Å². The smallest absolute Gasteiger partial charge is 0.312 e. The maximum absolute atomic E-state index is 12.5. The number of ketones is 1. The standard InChI is InChI=1S/C21H20BrNO4/c1-13-3-5-15(6-4-13)20(25)14(2)27-21(26)16-11-19(24)23(12-16)18-9-7-17(22)8-10-18/h3-10,14,16H,11-12H2,1-2H3/t14-,16-/m0/s1. The van der Waals surface area contributed by atoms with Gasteiger partial charge in [0.1, 0.15) is 0 Å². The SMILES string of the molecule is Cc1ccc(C(=O)[C@H](C)OC(=O)[C@H]2CC(=O)N(c3ccc(Br)cc3)C2)cc1. The van der Waals surface area contributed by atoms with Crippen LogP contribution in [-0.2, 0) is 14.3 Å². The summed E-state index contributed by atoms with van der Waals surface area (Å²) < 4.78 is 6.27. The van der Waals surface area contributed by atoms with E-state index in [1.807, 2.05) is 43.3 Å². The Balaban J connectivity index is 1.62. The number of hydrogen-bond acceptors (Lipinski definition) is 4. The molecule has 2 aromatic carbocycles. The summed E-state index contributed by atoms with van der Waals surface area (Å²) in [6.45, 7) is 3.75. The topological polar surface area (TPSA) is 63.7 Å². The normalized spacial score (nSPS) is 17.7. The highest BCUT2D eigenvalue weighted by Gasteiger charge is 2.37. The van der Waals surface area contributed by atoms with Crippen LogP contribution in [0.1, 0.15) is 29.3 Å². The fourth-order valence-electron chi connectivity index (χ4n) is 3.01. The van der Waals surface area contributed by atoms with Crippen LogP contribution >= 0.6 is 15.9 Å². The number of esters is 1. The average Bonchev–Trinajstić information content (AvgIpc) is 3.04. The highest BCUT2D eigenvalue weighted by atomic mass is 79.9. The van der Waals surface area contributed by atoms with E-state index in [1.54, 1.807) is 24.0 Å². The molecule has 1 saturated heterocycles. The summed E-state index contributed by atoms with van der Waals surface area (Å²) in [5.74, 6) is -1.47. The molecule has 1 aliphatic heterocycles. The van der Waals surface area contributed by atoms with Crippen molar-refractivity contribution >= 4 is 39.3 Å². The van der Waals surface area contributed by atoms with Crippen LogP contribution in [0.3, 0.4) is 0 Å². The number of benzene rings is 2. The third-order valence-corrected chi connectivity index (χ3v) is 5.12. The van der Waals surface area contributed by atoms with E-state index in [2.05, 4.69) is 15.9 Å². The molecule has 27 heavy (non-hydrogen) atoms. The van der Waals surface area contributed by atoms with Gasteiger partial charge in [-0.15, -0.1) is 0 Å². The largest absolute Gasteiger partial charge is 0.454 e. The maximum Gasteiger partial charge on any atom is 0.312 e. The molecular weight excluding hydrogens is 410 g/mol. The summed E-state index contributed by atoms with van der Waals surface area (Å²) in [7, 11) is 0. The van der Waals surface area contributed by atoms with Gasteiger partial charge in [-0.05, 0) is 38.1 Å². The lowest BCUT2D eigenvalue weighted by Crippen LogP contribution is -2.30. The minimum atomic E-state index is -0.892. The molecule has 0 aliphatic carbocycles. The Hall–Kier alpha value is -2.47. The highest BCUT2D eigenvalue weighted by molar-refractivity contribution is 9.10. The quantitative estimate of drug-likeness (QED) is 0.533. The zero-order chi connectivity index (χ0) is 19.6. The monoisotopic (exact) mass is 429 g/mol. The first-order valence-corrected chi connectivity index (χ1v) is 9.52. The fraction of sp³-hybridized carbons (Fsp3) is 0.286. The van der Waals surface area contributed by atoms with Gasteiger partial charge in [0.2, 0.25) is 11.7 Å². The zero-order valence-electron chi connectivity index (χ0n) is 15.1. The van der Waals surface area contributed by atoms with Crippen molar-refractivity contribution < 1.29 is 19.1 Å². The van der Waals surface area contributed by atoms with E-state index in [4.69, 9.17) is 4.74 Å². The predicted octanol–water partition coefficient (Wildman–Crippen LogP) is 3.93. The number of nitrogens with zero attached hydrogens (tertiary/aromatic N) is 1. The number of hydrogen-bond donors (Lipinski definition) is 0. The summed E-state index contributed by atoms with van der Waals surface area (Å²) in [4.78, 5) is 38.8. The Bertz CT molecular complexity index is 861. The first-order valence-electron chi connectivity index (χ1n) is 8.72. The van der Waals surface area contributed by atoms with Gasteiger partial charge < -0.3 is 9.64 Å². The number of aryl methyl sites for hydroxylation is 1. The minimum Gasteiger partial charge on any atom is -0.454 e. The lowest BCUT2D eigenvalue weighted by Gasteiger charge is -2.18. The van der Waals surface area contributed by atoms with E-state index in [1.165, 1.54) is 0 Å². The molecule has 0 N–H and O–H groups in total. The van der Waals surface area contributed by atoms with Gasteiger partial charge in [-0.1, -0.05) is 45.8 Å². The Labute approximate surface area is 166 Å². The van der Waals surface area contributed by atoms with E-state index < -0.39 is 18.0 Å². The van der Waals surface area contributed by atoms with Gasteiger partial charge in [-0.25, -0.2) is 0 Å². The molecule has 0 saturated carbocycles. The molecule has 1 heterocycles. The van der Waals surface area contributed by atoms with Crippen molar-refractivity contribution in [2.24, 2.45) is 5.92 Å². The van der Waals surface area contributed by atoms with E-state index in [-0.39, 0.29) is 24.7 Å². The van der Waals surface area contributed by atoms with Crippen LogP contribution in [0.25, 0.3) is 0 Å². The maximum atomic E-state index is 12.5. The van der Waals surface area contributed by atoms with Gasteiger partial charge in [0.15, 0.2) is 6.10 Å². The Morgan fingerprint density at radius 3 is 2.37 bits per heavy atom. The molecule has 6 heteroatoms. The van der Waals surface area contributed by atoms with Gasteiger partial charge in [-0.3, -0.25) is 14.4 Å². The molecule has 1 aliphatic rings. The van der Waals surface area contributed by atoms with E-state index in [9.17, 15) is 14.4 Å². The second-order valence-corrected chi connectivity index (χ2v) is 7.61. The molecule has 2 atom stereocenters. The molecule has 1 amide bonds. The first kappa shape index (κ1) is 19.3. The summed E-state index contributed by atoms with van der Waals surface area (Å²) in [6, 6.07) is 14.4. The molecule has 1 fully saturated rings. The molecule has 5 nitrogen and oxygen atoms in total. The molecule has 3 rings (SSSR count). The van der Waals surface area contributed by atoms with Gasteiger partial charge in [0.25, 0.3) is 0 Å². The Morgan fingerprint density at radius 1 is 1.11 bits per heavy atom. The molecule has 0 spiro atoms. The van der Waals surface area contributed by atoms with Crippen LogP contribution in [0.2, 0.25) is 0 Å². The van der Waals surface area contributed by atoms with Crippen LogP contribution in [0, 0.1) is 12.8 Å². The summed E-state index contributed by atoms with van der Waals surface area (Å²) in [5, 5.41) is 0. The zero-order valence-corrected chi connectivity index (χ0v) is 16.7. The second-order valence-electron chi connectivity index (χ2n) is 6.69. The number of carbonyl (C=O) groups is 3. The van der Waals surface area contributed by atoms with Crippen LogP contribution in [0.5, 0.6) is 0 Å². The fourth-order valence-corrected chi connectivity index (χ4v) is 3.28. The van der Waals surface area contributed by atoms with Gasteiger partial charge in [0.05, 0.1) is 5.92 Å². The highest BCUT2D eigenvalue weighted by Crippen LogP contribution is 2.27. The van der Waals surface area contributed by atoms with E-state index in [0.29, 0.717) is 5.56 Å². The summed E-state index contributed by atoms with van der Waals surface area (Å²) in [5.41, 5.74) is 2.29. The van der Waals surface area contributed by atoms with Gasteiger partial charge in [-0.2, -0.15) is 0 Å². The van der Waals surface area contributed by atoms with Crippen molar-refractivity contribution in [3.8, 4) is 0 Å². The van der Waals surface area contributed by atoms with E-state index in [0.717, 1.165) is 15.7 Å². The molecule has 0 aromatic heterocycles. The Morgan fingerprint density at radius 2 is 1.74 bits per heavy atom.